The minimum atomic E-state index is 0.0396. The van der Waals surface area contributed by atoms with Gasteiger partial charge in [-0.05, 0) is 60.6 Å². The number of rotatable bonds is 5. The predicted octanol–water partition coefficient (Wildman–Crippen LogP) is 3.74. The van der Waals surface area contributed by atoms with Crippen molar-refractivity contribution >= 4 is 6.03 Å². The monoisotopic (exact) mass is 423 g/mol. The molecule has 6 nitrogen and oxygen atoms in total. The molecule has 0 spiro atoms. The molecule has 2 aromatic carbocycles. The van der Waals surface area contributed by atoms with Crippen LogP contribution in [0.3, 0.4) is 0 Å². The molecule has 4 rings (SSSR count). The van der Waals surface area contributed by atoms with E-state index in [1.165, 1.54) is 16.7 Å². The van der Waals surface area contributed by atoms with Crippen LogP contribution < -0.4 is 14.8 Å². The number of methoxy groups -OCH3 is 2. The summed E-state index contributed by atoms with van der Waals surface area (Å²) in [6, 6.07) is 12.9. The number of nitrogens with one attached hydrogen (secondary N) is 1. The van der Waals surface area contributed by atoms with E-state index in [1.54, 1.807) is 14.2 Å². The minimum Gasteiger partial charge on any atom is -0.493 e. The van der Waals surface area contributed by atoms with Crippen LogP contribution in [0.5, 0.6) is 11.5 Å². The van der Waals surface area contributed by atoms with E-state index in [0.717, 1.165) is 56.8 Å². The second kappa shape index (κ2) is 9.60. The summed E-state index contributed by atoms with van der Waals surface area (Å²) in [5.41, 5.74) is 5.10. The Hall–Kier alpha value is -2.73. The quantitative estimate of drug-likeness (QED) is 0.796. The van der Waals surface area contributed by atoms with Gasteiger partial charge >= 0.3 is 6.03 Å². The molecule has 2 aliphatic rings. The number of nitrogens with zero attached hydrogens (tertiary/aromatic N) is 2. The largest absolute Gasteiger partial charge is 0.493 e. The van der Waals surface area contributed by atoms with Crippen molar-refractivity contribution in [3.8, 4) is 11.5 Å². The van der Waals surface area contributed by atoms with Crippen molar-refractivity contribution < 1.29 is 14.3 Å². The number of hydrogen-bond donors (Lipinski definition) is 1. The van der Waals surface area contributed by atoms with E-state index in [-0.39, 0.29) is 12.1 Å². The molecule has 1 saturated heterocycles. The Bertz CT molecular complexity index is 922. The molecule has 166 valence electrons. The van der Waals surface area contributed by atoms with Crippen LogP contribution in [0.4, 0.5) is 4.79 Å². The Kier molecular flexibility index (Phi) is 6.66. The molecule has 2 amide bonds. The third-order valence-electron chi connectivity index (χ3n) is 6.58. The Morgan fingerprint density at radius 3 is 2.39 bits per heavy atom. The number of fused-ring (bicyclic) bond motifs is 1. The zero-order valence-corrected chi connectivity index (χ0v) is 18.8. The average Bonchev–Trinajstić information content (AvgIpc) is 2.80. The van der Waals surface area contributed by atoms with Crippen LogP contribution in [-0.2, 0) is 19.5 Å². The number of aryl methyl sites for hydroxylation is 1. The maximum atomic E-state index is 12.9. The van der Waals surface area contributed by atoms with Crippen LogP contribution in [0.2, 0.25) is 0 Å². The predicted molar refractivity (Wildman–Crippen MR) is 122 cm³/mol. The number of amides is 2. The molecule has 2 aliphatic heterocycles. The first-order chi connectivity index (χ1) is 15.1. The molecule has 6 heteroatoms. The second-order valence-corrected chi connectivity index (χ2v) is 8.57. The first-order valence-electron chi connectivity index (χ1n) is 11.1. The summed E-state index contributed by atoms with van der Waals surface area (Å²) < 4.78 is 10.8. The summed E-state index contributed by atoms with van der Waals surface area (Å²) in [6.45, 7) is 6.51. The van der Waals surface area contributed by atoms with Crippen LogP contribution >= 0.6 is 0 Å². The Labute approximate surface area is 185 Å². The van der Waals surface area contributed by atoms with Gasteiger partial charge in [0.1, 0.15) is 0 Å². The lowest BCUT2D eigenvalue weighted by molar-refractivity contribution is 0.165. The van der Waals surface area contributed by atoms with Crippen LogP contribution in [0.1, 0.15) is 35.1 Å². The molecular weight excluding hydrogens is 390 g/mol. The van der Waals surface area contributed by atoms with E-state index in [1.807, 2.05) is 17.0 Å². The Morgan fingerprint density at radius 2 is 1.71 bits per heavy atom. The highest BCUT2D eigenvalue weighted by molar-refractivity contribution is 5.75. The van der Waals surface area contributed by atoms with Gasteiger partial charge in [0.15, 0.2) is 11.5 Å². The third kappa shape index (κ3) is 4.96. The lowest BCUT2D eigenvalue weighted by Crippen LogP contribution is -2.50. The number of likely N-dealkylation sites (tertiary alicyclic amines) is 1. The van der Waals surface area contributed by atoms with Crippen molar-refractivity contribution in [2.75, 3.05) is 33.9 Å². The lowest BCUT2D eigenvalue weighted by Gasteiger charge is -2.35. The van der Waals surface area contributed by atoms with Gasteiger partial charge in [0.2, 0.25) is 0 Å². The molecule has 0 radical (unpaired) electrons. The normalized spacial score (nSPS) is 17.2. The van der Waals surface area contributed by atoms with E-state index < -0.39 is 0 Å². The van der Waals surface area contributed by atoms with Crippen molar-refractivity contribution in [1.82, 2.24) is 15.1 Å². The van der Waals surface area contributed by atoms with Gasteiger partial charge in [-0.2, -0.15) is 0 Å². The van der Waals surface area contributed by atoms with Gasteiger partial charge in [-0.1, -0.05) is 24.3 Å². The fourth-order valence-electron chi connectivity index (χ4n) is 4.59. The number of urea groups is 1. The summed E-state index contributed by atoms with van der Waals surface area (Å²) in [5, 5.41) is 3.27. The van der Waals surface area contributed by atoms with Crippen molar-refractivity contribution in [3.05, 3.63) is 58.7 Å². The summed E-state index contributed by atoms with van der Waals surface area (Å²) in [7, 11) is 3.29. The fraction of sp³-hybridized carbons (Fsp3) is 0.480. The van der Waals surface area contributed by atoms with Crippen LogP contribution in [-0.4, -0.2) is 55.7 Å². The number of benzene rings is 2. The van der Waals surface area contributed by atoms with Gasteiger partial charge < -0.3 is 19.7 Å². The van der Waals surface area contributed by atoms with Gasteiger partial charge in [-0.3, -0.25) is 4.90 Å². The molecular formula is C25H33N3O3. The van der Waals surface area contributed by atoms with E-state index in [9.17, 15) is 4.79 Å². The van der Waals surface area contributed by atoms with E-state index in [4.69, 9.17) is 9.47 Å². The highest BCUT2D eigenvalue weighted by atomic mass is 16.5. The van der Waals surface area contributed by atoms with E-state index >= 15 is 0 Å². The summed E-state index contributed by atoms with van der Waals surface area (Å²) >= 11 is 0. The Balaban J connectivity index is 1.29. The van der Waals surface area contributed by atoms with Crippen LogP contribution in [0.15, 0.2) is 36.4 Å². The topological polar surface area (TPSA) is 54.0 Å². The highest BCUT2D eigenvalue weighted by Gasteiger charge is 2.26. The van der Waals surface area contributed by atoms with Gasteiger partial charge in [0.05, 0.1) is 14.2 Å². The molecule has 0 aliphatic carbocycles. The second-order valence-electron chi connectivity index (χ2n) is 8.57. The number of piperidine rings is 1. The average molecular weight is 424 g/mol. The molecule has 31 heavy (non-hydrogen) atoms. The summed E-state index contributed by atoms with van der Waals surface area (Å²) in [6.07, 6.45) is 2.82. The number of carbonyl (C=O) groups is 1. The van der Waals surface area contributed by atoms with Gasteiger partial charge in [0, 0.05) is 38.8 Å². The highest BCUT2D eigenvalue weighted by Crippen LogP contribution is 2.33. The molecule has 0 unspecified atom stereocenters. The number of carbonyl (C=O) groups excluding carboxylic acids is 1. The van der Waals surface area contributed by atoms with Crippen molar-refractivity contribution in [1.29, 1.82) is 0 Å². The minimum absolute atomic E-state index is 0.0396. The van der Waals surface area contributed by atoms with Gasteiger partial charge in [-0.15, -0.1) is 0 Å². The first-order valence-corrected chi connectivity index (χ1v) is 11.1. The van der Waals surface area contributed by atoms with Crippen molar-refractivity contribution in [2.24, 2.45) is 0 Å². The van der Waals surface area contributed by atoms with Crippen LogP contribution in [0.25, 0.3) is 0 Å². The molecule has 0 bridgehead atoms. The van der Waals surface area contributed by atoms with Crippen molar-refractivity contribution in [2.45, 2.75) is 45.3 Å². The molecule has 0 aromatic heterocycles. The molecule has 2 aromatic rings. The third-order valence-corrected chi connectivity index (χ3v) is 6.58. The van der Waals surface area contributed by atoms with Crippen molar-refractivity contribution in [3.63, 3.8) is 0 Å². The summed E-state index contributed by atoms with van der Waals surface area (Å²) in [5.74, 6) is 1.46. The molecule has 1 fully saturated rings. The number of ether oxygens (including phenoxy) is 2. The van der Waals surface area contributed by atoms with E-state index in [2.05, 4.69) is 41.4 Å². The van der Waals surface area contributed by atoms with Gasteiger partial charge in [-0.25, -0.2) is 4.79 Å². The maximum absolute atomic E-state index is 12.9. The van der Waals surface area contributed by atoms with E-state index in [0.29, 0.717) is 12.3 Å². The molecule has 1 N–H and O–H groups in total. The fourth-order valence-corrected chi connectivity index (χ4v) is 4.59. The lowest BCUT2D eigenvalue weighted by atomic mass is 9.99. The van der Waals surface area contributed by atoms with Gasteiger partial charge in [0.25, 0.3) is 0 Å². The molecule has 2 heterocycles. The smallest absolute Gasteiger partial charge is 0.317 e. The maximum Gasteiger partial charge on any atom is 0.317 e. The first kappa shape index (κ1) is 21.5. The number of hydrogen-bond acceptors (Lipinski definition) is 4. The zero-order valence-electron chi connectivity index (χ0n) is 18.8. The Morgan fingerprint density at radius 1 is 1.03 bits per heavy atom. The summed E-state index contributed by atoms with van der Waals surface area (Å²) in [4.78, 5) is 17.3. The van der Waals surface area contributed by atoms with Crippen LogP contribution in [0, 0.1) is 6.92 Å². The zero-order chi connectivity index (χ0) is 21.8. The molecule has 0 saturated carbocycles. The SMILES string of the molecule is COc1cc2c(cc1OC)CN(C(=O)NC1CCN(Cc3ccccc3C)CC1)CC2. The molecule has 0 atom stereocenters. The standard InChI is InChI=1S/C25H33N3O3/c1-18-6-4-5-7-20(18)16-27-11-9-22(10-12-27)26-25(29)28-13-8-19-14-23(30-2)24(31-3)15-21(19)17-28/h4-7,14-15,22H,8-13,16-17H2,1-3H3,(H,26,29).